The van der Waals surface area contributed by atoms with Crippen molar-refractivity contribution < 1.29 is 19.1 Å². The van der Waals surface area contributed by atoms with E-state index in [9.17, 15) is 9.59 Å². The number of esters is 2. The Morgan fingerprint density at radius 3 is 1.50 bits per heavy atom. The van der Waals surface area contributed by atoms with Gasteiger partial charge in [0.25, 0.3) is 0 Å². The highest BCUT2D eigenvalue weighted by Crippen LogP contribution is 1.81. The van der Waals surface area contributed by atoms with Gasteiger partial charge in [-0.2, -0.15) is 0 Å². The molecule has 0 aromatic rings. The van der Waals surface area contributed by atoms with Crippen molar-refractivity contribution in [2.75, 3.05) is 0 Å². The molecule has 0 bridgehead atoms. The lowest BCUT2D eigenvalue weighted by atomic mass is 10.7. The van der Waals surface area contributed by atoms with Gasteiger partial charge in [0.1, 0.15) is 12.2 Å². The fourth-order valence-electron chi connectivity index (χ4n) is 0.278. The molecule has 0 aliphatic rings. The molecule has 4 nitrogen and oxygen atoms in total. The van der Waals surface area contributed by atoms with Gasteiger partial charge in [-0.05, 0) is 0 Å². The van der Waals surface area contributed by atoms with Crippen LogP contribution in [0.4, 0.5) is 0 Å². The monoisotopic (exact) mass is 166 g/mol. The van der Waals surface area contributed by atoms with Crippen LogP contribution in [0.2, 0.25) is 0 Å². The summed E-state index contributed by atoms with van der Waals surface area (Å²) in [5.41, 5.74) is 0. The Morgan fingerprint density at radius 2 is 1.25 bits per heavy atom. The van der Waals surface area contributed by atoms with Gasteiger partial charge in [-0.1, -0.05) is 11.8 Å². The lowest BCUT2D eigenvalue weighted by molar-refractivity contribution is -0.159. The SMILES string of the molecule is CC#COC(=O)C(=O)OC#CC. The minimum atomic E-state index is -1.17. The van der Waals surface area contributed by atoms with E-state index in [2.05, 4.69) is 21.3 Å². The van der Waals surface area contributed by atoms with Crippen LogP contribution < -0.4 is 0 Å². The fourth-order valence-corrected chi connectivity index (χ4v) is 0.278. The zero-order chi connectivity index (χ0) is 9.40. The predicted molar refractivity (Wildman–Crippen MR) is 39.1 cm³/mol. The smallest absolute Gasteiger partial charge is 0.364 e. The van der Waals surface area contributed by atoms with Crippen molar-refractivity contribution in [1.82, 2.24) is 0 Å². The van der Waals surface area contributed by atoms with Crippen molar-refractivity contribution in [1.29, 1.82) is 0 Å². The summed E-state index contributed by atoms with van der Waals surface area (Å²) in [6.45, 7) is 2.93. The third kappa shape index (κ3) is 3.97. The Labute approximate surface area is 69.8 Å². The molecule has 4 heteroatoms. The molecule has 0 saturated heterocycles. The molecule has 0 heterocycles. The normalized spacial score (nSPS) is 6.50. The summed E-state index contributed by atoms with van der Waals surface area (Å²) in [5.74, 6) is 2.20. The van der Waals surface area contributed by atoms with E-state index in [4.69, 9.17) is 0 Å². The first-order chi connectivity index (χ1) is 5.72. The van der Waals surface area contributed by atoms with Gasteiger partial charge in [0, 0.05) is 13.8 Å². The number of carbonyl (C=O) groups excluding carboxylic acids is 2. The maximum atomic E-state index is 10.5. The topological polar surface area (TPSA) is 52.6 Å². The van der Waals surface area contributed by atoms with Gasteiger partial charge in [-0.15, -0.1) is 0 Å². The van der Waals surface area contributed by atoms with Crippen molar-refractivity contribution in [2.24, 2.45) is 0 Å². The van der Waals surface area contributed by atoms with Crippen LogP contribution in [0.5, 0.6) is 0 Å². The number of carbonyl (C=O) groups is 2. The predicted octanol–water partition coefficient (Wildman–Crippen LogP) is 0.0344. The molecule has 0 amide bonds. The Morgan fingerprint density at radius 1 is 0.917 bits per heavy atom. The van der Waals surface area contributed by atoms with Crippen molar-refractivity contribution in [3.05, 3.63) is 0 Å². The highest BCUT2D eigenvalue weighted by Gasteiger charge is 2.15. The zero-order valence-electron chi connectivity index (χ0n) is 6.63. The van der Waals surface area contributed by atoms with Crippen LogP contribution in [0.25, 0.3) is 0 Å². The molecule has 0 atom stereocenters. The van der Waals surface area contributed by atoms with Crippen molar-refractivity contribution >= 4 is 11.9 Å². The van der Waals surface area contributed by atoms with E-state index in [1.807, 2.05) is 12.2 Å². The van der Waals surface area contributed by atoms with Crippen LogP contribution in [0.1, 0.15) is 13.8 Å². The van der Waals surface area contributed by atoms with E-state index in [1.54, 1.807) is 0 Å². The molecule has 12 heavy (non-hydrogen) atoms. The molecule has 0 radical (unpaired) electrons. The van der Waals surface area contributed by atoms with Crippen molar-refractivity contribution in [2.45, 2.75) is 13.8 Å². The average molecular weight is 166 g/mol. The second-order valence-electron chi connectivity index (χ2n) is 1.48. The van der Waals surface area contributed by atoms with Crippen molar-refractivity contribution in [3.63, 3.8) is 0 Å². The van der Waals surface area contributed by atoms with Gasteiger partial charge in [0.2, 0.25) is 0 Å². The van der Waals surface area contributed by atoms with E-state index >= 15 is 0 Å². The molecule has 0 fully saturated rings. The molecular weight excluding hydrogens is 160 g/mol. The van der Waals surface area contributed by atoms with E-state index in [0.29, 0.717) is 0 Å². The average Bonchev–Trinajstić information content (AvgIpc) is 2.10. The molecule has 0 aliphatic heterocycles. The summed E-state index contributed by atoms with van der Waals surface area (Å²) in [4.78, 5) is 21.1. The Kier molecular flexibility index (Phi) is 4.88. The van der Waals surface area contributed by atoms with E-state index < -0.39 is 11.9 Å². The second-order valence-corrected chi connectivity index (χ2v) is 1.48. The quantitative estimate of drug-likeness (QED) is 0.289. The van der Waals surface area contributed by atoms with Gasteiger partial charge in [-0.3, -0.25) is 0 Å². The Bertz CT molecular complexity index is 262. The standard InChI is InChI=1S/C8H6O4/c1-3-5-11-7(9)8(10)12-6-4-2/h1-2H3. The van der Waals surface area contributed by atoms with Crippen LogP contribution in [0, 0.1) is 24.1 Å². The van der Waals surface area contributed by atoms with Crippen LogP contribution in [-0.4, -0.2) is 11.9 Å². The van der Waals surface area contributed by atoms with Gasteiger partial charge >= 0.3 is 11.9 Å². The van der Waals surface area contributed by atoms with Gasteiger partial charge in [0.15, 0.2) is 0 Å². The Hall–Kier alpha value is -1.94. The van der Waals surface area contributed by atoms with Crippen LogP contribution >= 0.6 is 0 Å². The summed E-state index contributed by atoms with van der Waals surface area (Å²) >= 11 is 0. The lowest BCUT2D eigenvalue weighted by Gasteiger charge is -1.90. The lowest BCUT2D eigenvalue weighted by Crippen LogP contribution is -2.16. The number of hydrogen-bond donors (Lipinski definition) is 0. The molecule has 0 spiro atoms. The van der Waals surface area contributed by atoms with Crippen LogP contribution in [-0.2, 0) is 19.1 Å². The summed E-state index contributed by atoms with van der Waals surface area (Å²) in [6.07, 6.45) is 3.91. The van der Waals surface area contributed by atoms with Gasteiger partial charge in [0.05, 0.1) is 0 Å². The molecule has 0 rings (SSSR count). The highest BCUT2D eigenvalue weighted by molar-refractivity contribution is 6.30. The summed E-state index contributed by atoms with van der Waals surface area (Å²) in [5, 5.41) is 0. The van der Waals surface area contributed by atoms with E-state index in [-0.39, 0.29) is 0 Å². The molecule has 0 N–H and O–H groups in total. The first kappa shape index (κ1) is 10.1. The second kappa shape index (κ2) is 5.82. The fraction of sp³-hybridized carbons (Fsp3) is 0.250. The van der Waals surface area contributed by atoms with Gasteiger partial charge < -0.3 is 9.47 Å². The minimum absolute atomic E-state index is 1.17. The summed E-state index contributed by atoms with van der Waals surface area (Å²) in [6, 6.07) is 0. The molecule has 0 saturated carbocycles. The summed E-state index contributed by atoms with van der Waals surface area (Å²) in [7, 11) is 0. The highest BCUT2D eigenvalue weighted by atomic mass is 16.6. The molecule has 0 aromatic carbocycles. The summed E-state index contributed by atoms with van der Waals surface area (Å²) < 4.78 is 8.22. The first-order valence-corrected chi connectivity index (χ1v) is 2.97. The van der Waals surface area contributed by atoms with Gasteiger partial charge in [-0.25, -0.2) is 9.59 Å². The zero-order valence-corrected chi connectivity index (χ0v) is 6.63. The number of ether oxygens (including phenoxy) is 2. The third-order valence-electron chi connectivity index (χ3n) is 0.658. The molecule has 62 valence electrons. The Balaban J connectivity index is 3.96. The van der Waals surface area contributed by atoms with E-state index in [0.717, 1.165) is 0 Å². The third-order valence-corrected chi connectivity index (χ3v) is 0.658. The largest absolute Gasteiger partial charge is 0.432 e. The maximum absolute atomic E-state index is 10.5. The first-order valence-electron chi connectivity index (χ1n) is 2.97. The molecule has 0 unspecified atom stereocenters. The number of rotatable bonds is 0. The maximum Gasteiger partial charge on any atom is 0.432 e. The van der Waals surface area contributed by atoms with Crippen LogP contribution in [0.3, 0.4) is 0 Å². The molecule has 0 aliphatic carbocycles. The van der Waals surface area contributed by atoms with Crippen LogP contribution in [0.15, 0.2) is 0 Å². The number of hydrogen-bond acceptors (Lipinski definition) is 4. The minimum Gasteiger partial charge on any atom is -0.364 e. The van der Waals surface area contributed by atoms with Crippen molar-refractivity contribution in [3.8, 4) is 24.1 Å². The molecular formula is C8H6O4. The molecule has 0 aromatic heterocycles. The van der Waals surface area contributed by atoms with E-state index in [1.165, 1.54) is 13.8 Å².